The van der Waals surface area contributed by atoms with Gasteiger partial charge in [0.2, 0.25) is 0 Å². The van der Waals surface area contributed by atoms with Crippen LogP contribution in [0.4, 0.5) is 11.4 Å². The maximum absolute atomic E-state index is 2.60. The van der Waals surface area contributed by atoms with Crippen LogP contribution >= 0.6 is 11.8 Å². The van der Waals surface area contributed by atoms with Crippen LogP contribution in [0.1, 0.15) is 25.7 Å². The van der Waals surface area contributed by atoms with Gasteiger partial charge in [0.15, 0.2) is 0 Å². The van der Waals surface area contributed by atoms with Crippen molar-refractivity contribution in [2.45, 2.75) is 30.6 Å². The Morgan fingerprint density at radius 2 is 1.43 bits per heavy atom. The van der Waals surface area contributed by atoms with E-state index in [0.29, 0.717) is 36.6 Å². The minimum atomic E-state index is 0.337. The Morgan fingerprint density at radius 3 is 2.37 bits per heavy atom. The van der Waals surface area contributed by atoms with Crippen molar-refractivity contribution in [2.75, 3.05) is 4.90 Å². The molecule has 0 atom stereocenters. The number of nitrogens with zero attached hydrogens (tertiary/aromatic N) is 1. The number of fused-ring (bicyclic) bond motifs is 5. The van der Waals surface area contributed by atoms with Crippen LogP contribution in [0, 0.1) is 0 Å². The van der Waals surface area contributed by atoms with Crippen LogP contribution < -0.4 is 39.1 Å². The number of allylic oxidation sites excluding steroid dienone is 2. The molecule has 5 heteroatoms. The Hall–Kier alpha value is -2.13. The van der Waals surface area contributed by atoms with Crippen LogP contribution in [0.25, 0.3) is 0 Å². The van der Waals surface area contributed by atoms with E-state index >= 15 is 0 Å². The fraction of sp³-hybridized carbons (Fsp3) is 0.133. The van der Waals surface area contributed by atoms with E-state index < -0.39 is 0 Å². The van der Waals surface area contributed by atoms with E-state index in [1.165, 1.54) is 58.6 Å². The summed E-state index contributed by atoms with van der Waals surface area (Å²) in [5.41, 5.74) is 8.94. The summed E-state index contributed by atoms with van der Waals surface area (Å²) in [5, 5.41) is 0. The molecule has 0 spiro atoms. The first-order valence-corrected chi connectivity index (χ1v) is 16.6. The summed E-state index contributed by atoms with van der Waals surface area (Å²) >= 11 is 2.75. The molecule has 3 aliphatic heterocycles. The summed E-state index contributed by atoms with van der Waals surface area (Å²) < 4.78 is 6.29. The fourth-order valence-electron chi connectivity index (χ4n) is 6.01. The van der Waals surface area contributed by atoms with Gasteiger partial charge in [0, 0.05) is 0 Å². The summed E-state index contributed by atoms with van der Waals surface area (Å²) in [5.74, 6) is 0. The number of para-hydroxylation sites is 1. The molecule has 0 saturated heterocycles. The molecule has 1 aliphatic carbocycles. The second-order valence-electron chi connectivity index (χ2n) is 9.55. The van der Waals surface area contributed by atoms with E-state index in [9.17, 15) is 0 Å². The normalized spacial score (nSPS) is 17.3. The maximum atomic E-state index is 2.60. The van der Waals surface area contributed by atoms with Gasteiger partial charge in [0.05, 0.1) is 0 Å². The molecule has 0 saturated carbocycles. The molecule has 35 heavy (non-hydrogen) atoms. The molecule has 0 fully saturated rings. The molecule has 1 nitrogen and oxygen atoms in total. The number of thioether (sulfide) groups is 1. The van der Waals surface area contributed by atoms with E-state index in [1.54, 1.807) is 28.2 Å². The Kier molecular flexibility index (Phi) is 4.92. The second-order valence-corrected chi connectivity index (χ2v) is 15.2. The van der Waals surface area contributed by atoms with Crippen LogP contribution in [0.3, 0.4) is 0 Å². The standard InChI is InChI=1S/C30H22BNSSe2/c1-6-13-26-20(8-1)31-21-17-16-19(18-29(21)35-28-15-7-14-27(34-26)30(28)31)32-22-9-2-4-11-24(22)33-25-12-5-3-10-23(25)32/h1-2,4,6-9,11,13-18H,3,5,10,12H2. The Morgan fingerprint density at radius 1 is 0.686 bits per heavy atom. The molecular weight excluding hydrogens is 575 g/mol. The molecule has 0 amide bonds. The summed E-state index contributed by atoms with van der Waals surface area (Å²) in [6, 6.07) is 32.7. The van der Waals surface area contributed by atoms with Crippen molar-refractivity contribution >= 4 is 94.0 Å². The van der Waals surface area contributed by atoms with Crippen molar-refractivity contribution in [3.8, 4) is 0 Å². The Bertz CT molecular complexity index is 1560. The average molecular weight is 597 g/mol. The van der Waals surface area contributed by atoms with Crippen LogP contribution in [0.5, 0.6) is 0 Å². The first-order valence-electron chi connectivity index (χ1n) is 12.4. The van der Waals surface area contributed by atoms with Gasteiger partial charge in [-0.1, -0.05) is 0 Å². The topological polar surface area (TPSA) is 3.24 Å². The fourth-order valence-corrected chi connectivity index (χ4v) is 12.6. The van der Waals surface area contributed by atoms with Gasteiger partial charge >= 0.3 is 225 Å². The van der Waals surface area contributed by atoms with Crippen molar-refractivity contribution in [1.82, 2.24) is 0 Å². The number of anilines is 2. The van der Waals surface area contributed by atoms with E-state index in [-0.39, 0.29) is 0 Å². The van der Waals surface area contributed by atoms with Crippen molar-refractivity contribution in [3.05, 3.63) is 95.5 Å². The molecule has 0 N–H and O–H groups in total. The average Bonchev–Trinajstić information content (AvgIpc) is 2.91. The van der Waals surface area contributed by atoms with Crippen LogP contribution in [-0.4, -0.2) is 36.6 Å². The van der Waals surface area contributed by atoms with Gasteiger partial charge in [-0.25, -0.2) is 0 Å². The molecule has 4 aromatic rings. The molecule has 0 aromatic heterocycles. The molecular formula is C30H22BNSSe2. The third-order valence-electron chi connectivity index (χ3n) is 7.55. The number of hydrogen-bond acceptors (Lipinski definition) is 2. The summed E-state index contributed by atoms with van der Waals surface area (Å²) in [7, 11) is 0. The van der Waals surface area contributed by atoms with Crippen molar-refractivity contribution < 1.29 is 0 Å². The monoisotopic (exact) mass is 599 g/mol. The zero-order valence-corrected chi connectivity index (χ0v) is 23.4. The molecule has 0 unspecified atom stereocenters. The van der Waals surface area contributed by atoms with Gasteiger partial charge in [-0.15, -0.1) is 0 Å². The van der Waals surface area contributed by atoms with Crippen LogP contribution in [0.15, 0.2) is 100 Å². The van der Waals surface area contributed by atoms with Gasteiger partial charge in [-0.05, 0) is 0 Å². The zero-order valence-electron chi connectivity index (χ0n) is 19.2. The number of hydrogen-bond donors (Lipinski definition) is 0. The molecule has 4 aliphatic rings. The van der Waals surface area contributed by atoms with Gasteiger partial charge in [-0.3, -0.25) is 0 Å². The summed E-state index contributed by atoms with van der Waals surface area (Å²) in [6.45, 7) is 0.390. The molecule has 8 rings (SSSR count). The second kappa shape index (κ2) is 8.20. The van der Waals surface area contributed by atoms with Crippen molar-refractivity contribution in [3.63, 3.8) is 0 Å². The first kappa shape index (κ1) is 21.0. The predicted octanol–water partition coefficient (Wildman–Crippen LogP) is 2.17. The Balaban J connectivity index is 1.31. The first-order chi connectivity index (χ1) is 17.3. The Labute approximate surface area is 223 Å². The molecule has 4 aromatic carbocycles. The van der Waals surface area contributed by atoms with Crippen LogP contribution in [0.2, 0.25) is 0 Å². The number of rotatable bonds is 1. The third-order valence-corrected chi connectivity index (χ3v) is 13.7. The van der Waals surface area contributed by atoms with E-state index in [1.807, 2.05) is 11.8 Å². The van der Waals surface area contributed by atoms with Crippen molar-refractivity contribution in [1.29, 1.82) is 0 Å². The minimum absolute atomic E-state index is 0.337. The molecule has 0 radical (unpaired) electrons. The van der Waals surface area contributed by atoms with E-state index in [4.69, 9.17) is 0 Å². The quantitative estimate of drug-likeness (QED) is 0.268. The number of benzene rings is 4. The zero-order chi connectivity index (χ0) is 22.9. The summed E-state index contributed by atoms with van der Waals surface area (Å²) in [6.07, 6.45) is 5.01. The van der Waals surface area contributed by atoms with Gasteiger partial charge in [0.1, 0.15) is 0 Å². The van der Waals surface area contributed by atoms with Crippen LogP contribution in [-0.2, 0) is 0 Å². The van der Waals surface area contributed by atoms with Gasteiger partial charge in [0.25, 0.3) is 0 Å². The van der Waals surface area contributed by atoms with E-state index in [0.717, 1.165) is 0 Å². The summed E-state index contributed by atoms with van der Waals surface area (Å²) in [4.78, 5) is 5.58. The molecule has 168 valence electrons. The third kappa shape index (κ3) is 3.23. The van der Waals surface area contributed by atoms with Gasteiger partial charge < -0.3 is 0 Å². The molecule has 3 heterocycles. The molecule has 0 bridgehead atoms. The van der Waals surface area contributed by atoms with E-state index in [2.05, 4.69) is 89.8 Å². The SMILES string of the molecule is c1ccc2c(c1)SC1=C(CCCC1)N2c1ccc2c(c1)[Se]c1cccc3c1B2c1ccccc1[Se]3. The van der Waals surface area contributed by atoms with Crippen molar-refractivity contribution in [2.24, 2.45) is 0 Å². The van der Waals surface area contributed by atoms with Gasteiger partial charge in [-0.2, -0.15) is 0 Å². The predicted molar refractivity (Wildman–Crippen MR) is 154 cm³/mol.